The van der Waals surface area contributed by atoms with Crippen molar-refractivity contribution in [2.45, 2.75) is 31.8 Å². The lowest BCUT2D eigenvalue weighted by Crippen LogP contribution is -2.38. The summed E-state index contributed by atoms with van der Waals surface area (Å²) in [5.41, 5.74) is 3.06. The summed E-state index contributed by atoms with van der Waals surface area (Å²) < 4.78 is 25.1. The lowest BCUT2D eigenvalue weighted by molar-refractivity contribution is -0.140. The van der Waals surface area contributed by atoms with E-state index >= 15 is 0 Å². The van der Waals surface area contributed by atoms with Gasteiger partial charge in [0.25, 0.3) is 0 Å². The van der Waals surface area contributed by atoms with E-state index < -0.39 is 11.9 Å². The number of Topliss-reactive ketones (excluding diaryl/α,β-unsaturated/α-hetero) is 1. The first kappa shape index (κ1) is 17.7. The SMILES string of the molecule is CCC[C@H]1OC(=O)C2=C1NC1=C(C(=O)COC1)[C@H]2c1ccc(F)c(I)c1. The number of benzene rings is 1. The second kappa shape index (κ2) is 6.77. The van der Waals surface area contributed by atoms with Crippen LogP contribution in [0.2, 0.25) is 0 Å². The molecule has 0 bridgehead atoms. The second-order valence-electron chi connectivity index (χ2n) is 6.55. The molecule has 3 heterocycles. The minimum Gasteiger partial charge on any atom is -0.452 e. The van der Waals surface area contributed by atoms with Crippen LogP contribution in [-0.2, 0) is 19.1 Å². The van der Waals surface area contributed by atoms with Crippen molar-refractivity contribution >= 4 is 34.3 Å². The molecule has 3 aliphatic rings. The molecule has 1 aromatic rings. The van der Waals surface area contributed by atoms with Crippen LogP contribution in [0.25, 0.3) is 0 Å². The third-order valence-corrected chi connectivity index (χ3v) is 5.70. The Kier molecular flexibility index (Phi) is 4.60. The van der Waals surface area contributed by atoms with E-state index in [4.69, 9.17) is 9.47 Å². The van der Waals surface area contributed by atoms with Gasteiger partial charge in [-0.1, -0.05) is 19.4 Å². The maximum Gasteiger partial charge on any atom is 0.337 e. The van der Waals surface area contributed by atoms with Crippen LogP contribution in [0.1, 0.15) is 31.2 Å². The third kappa shape index (κ3) is 2.77. The number of ether oxygens (including phenoxy) is 2. The van der Waals surface area contributed by atoms with Crippen molar-refractivity contribution in [2.24, 2.45) is 0 Å². The van der Waals surface area contributed by atoms with Crippen molar-refractivity contribution in [3.05, 3.63) is 55.7 Å². The van der Waals surface area contributed by atoms with E-state index in [1.54, 1.807) is 12.1 Å². The smallest absolute Gasteiger partial charge is 0.337 e. The number of hydrogen-bond acceptors (Lipinski definition) is 5. The highest BCUT2D eigenvalue weighted by Crippen LogP contribution is 2.44. The van der Waals surface area contributed by atoms with Gasteiger partial charge < -0.3 is 14.8 Å². The molecule has 0 aromatic heterocycles. The van der Waals surface area contributed by atoms with Gasteiger partial charge in [-0.2, -0.15) is 0 Å². The number of dihydropyridines is 1. The van der Waals surface area contributed by atoms with E-state index in [0.29, 0.717) is 38.1 Å². The minimum atomic E-state index is -0.555. The molecule has 1 N–H and O–H groups in total. The Balaban J connectivity index is 1.89. The van der Waals surface area contributed by atoms with Gasteiger partial charge in [0.05, 0.1) is 17.9 Å². The molecule has 26 heavy (non-hydrogen) atoms. The van der Waals surface area contributed by atoms with Gasteiger partial charge in [-0.3, -0.25) is 4.79 Å². The summed E-state index contributed by atoms with van der Waals surface area (Å²) in [7, 11) is 0. The maximum atomic E-state index is 13.8. The van der Waals surface area contributed by atoms with Crippen LogP contribution in [0.5, 0.6) is 0 Å². The van der Waals surface area contributed by atoms with E-state index in [1.165, 1.54) is 6.07 Å². The number of carbonyl (C=O) groups is 2. The maximum absolute atomic E-state index is 13.8. The van der Waals surface area contributed by atoms with Crippen LogP contribution in [-0.4, -0.2) is 31.1 Å². The molecule has 7 heteroatoms. The van der Waals surface area contributed by atoms with Crippen molar-refractivity contribution in [2.75, 3.05) is 13.2 Å². The molecule has 0 amide bonds. The molecule has 4 rings (SSSR count). The third-order valence-electron chi connectivity index (χ3n) is 4.88. The molecular formula is C19H17FINO4. The van der Waals surface area contributed by atoms with Crippen LogP contribution in [0.4, 0.5) is 4.39 Å². The van der Waals surface area contributed by atoms with Crippen molar-refractivity contribution < 1.29 is 23.5 Å². The van der Waals surface area contributed by atoms with Crippen molar-refractivity contribution in [3.63, 3.8) is 0 Å². The topological polar surface area (TPSA) is 64.6 Å². The molecule has 136 valence electrons. The minimum absolute atomic E-state index is 0.0225. The molecule has 0 saturated carbocycles. The lowest BCUT2D eigenvalue weighted by Gasteiger charge is -2.32. The van der Waals surface area contributed by atoms with Gasteiger partial charge in [-0.15, -0.1) is 0 Å². The fourth-order valence-electron chi connectivity index (χ4n) is 3.76. The van der Waals surface area contributed by atoms with Crippen LogP contribution >= 0.6 is 22.6 Å². The van der Waals surface area contributed by atoms with E-state index in [-0.39, 0.29) is 30.9 Å². The molecule has 2 atom stereocenters. The standard InChI is InChI=1S/C19H17FINO4/c1-2-3-14-18-17(19(24)26-14)15(9-4-5-10(20)11(21)6-9)16-12(22-18)7-25-8-13(16)23/h4-6,14-15,22H,2-3,7-8H2,1H3/t14-,15-/m1/s1. The first-order valence-electron chi connectivity index (χ1n) is 8.52. The molecule has 0 fully saturated rings. The first-order chi connectivity index (χ1) is 12.5. The van der Waals surface area contributed by atoms with E-state index in [9.17, 15) is 14.0 Å². The number of hydrogen-bond donors (Lipinski definition) is 1. The summed E-state index contributed by atoms with van der Waals surface area (Å²) in [4.78, 5) is 25.2. The number of carbonyl (C=O) groups excluding carboxylic acids is 2. The predicted molar refractivity (Wildman–Crippen MR) is 99.7 cm³/mol. The lowest BCUT2D eigenvalue weighted by atomic mass is 9.78. The van der Waals surface area contributed by atoms with Gasteiger partial charge in [0.15, 0.2) is 5.78 Å². The number of esters is 1. The average molecular weight is 469 g/mol. The summed E-state index contributed by atoms with van der Waals surface area (Å²) in [5, 5.41) is 3.23. The predicted octanol–water partition coefficient (Wildman–Crippen LogP) is 2.95. The Morgan fingerprint density at radius 3 is 2.81 bits per heavy atom. The average Bonchev–Trinajstić information content (AvgIpc) is 2.92. The Morgan fingerprint density at radius 1 is 1.27 bits per heavy atom. The van der Waals surface area contributed by atoms with Gasteiger partial charge in [0.1, 0.15) is 18.5 Å². The number of nitrogens with one attached hydrogen (secondary N) is 1. The zero-order chi connectivity index (χ0) is 18.4. The molecule has 5 nitrogen and oxygen atoms in total. The van der Waals surface area contributed by atoms with E-state index in [1.807, 2.05) is 29.5 Å². The van der Waals surface area contributed by atoms with Gasteiger partial charge in [0, 0.05) is 20.8 Å². The number of cyclic esters (lactones) is 1. The van der Waals surface area contributed by atoms with Crippen LogP contribution < -0.4 is 5.32 Å². The summed E-state index contributed by atoms with van der Waals surface area (Å²) in [6.07, 6.45) is 1.20. The monoisotopic (exact) mass is 469 g/mol. The highest BCUT2D eigenvalue weighted by atomic mass is 127. The molecule has 0 saturated heterocycles. The fourth-order valence-corrected chi connectivity index (χ4v) is 4.30. The highest BCUT2D eigenvalue weighted by Gasteiger charge is 2.46. The molecule has 0 spiro atoms. The number of halogens is 2. The van der Waals surface area contributed by atoms with Crippen molar-refractivity contribution in [1.29, 1.82) is 0 Å². The van der Waals surface area contributed by atoms with Crippen molar-refractivity contribution in [1.82, 2.24) is 5.32 Å². The highest BCUT2D eigenvalue weighted by molar-refractivity contribution is 14.1. The van der Waals surface area contributed by atoms with Gasteiger partial charge in [-0.25, -0.2) is 9.18 Å². The van der Waals surface area contributed by atoms with Crippen LogP contribution in [0, 0.1) is 9.39 Å². The Morgan fingerprint density at radius 2 is 2.08 bits per heavy atom. The van der Waals surface area contributed by atoms with Crippen LogP contribution in [0.15, 0.2) is 40.7 Å². The first-order valence-corrected chi connectivity index (χ1v) is 9.60. The van der Waals surface area contributed by atoms with Gasteiger partial charge in [0.2, 0.25) is 0 Å². The fraction of sp³-hybridized carbons (Fsp3) is 0.368. The second-order valence-corrected chi connectivity index (χ2v) is 7.71. The zero-order valence-electron chi connectivity index (χ0n) is 14.1. The van der Waals surface area contributed by atoms with E-state index in [2.05, 4.69) is 5.32 Å². The van der Waals surface area contributed by atoms with E-state index in [0.717, 1.165) is 6.42 Å². The van der Waals surface area contributed by atoms with Gasteiger partial charge >= 0.3 is 5.97 Å². The summed E-state index contributed by atoms with van der Waals surface area (Å²) in [5.74, 6) is -1.47. The quantitative estimate of drug-likeness (QED) is 0.545. The molecule has 0 radical (unpaired) electrons. The zero-order valence-corrected chi connectivity index (χ0v) is 16.3. The van der Waals surface area contributed by atoms with Gasteiger partial charge in [-0.05, 0) is 46.7 Å². The molecule has 0 unspecified atom stereocenters. The molecular weight excluding hydrogens is 452 g/mol. The van der Waals surface area contributed by atoms with Crippen molar-refractivity contribution in [3.8, 4) is 0 Å². The molecule has 1 aromatic carbocycles. The Labute approximate surface area is 163 Å². The summed E-state index contributed by atoms with van der Waals surface area (Å²) in [6, 6.07) is 4.68. The largest absolute Gasteiger partial charge is 0.452 e. The number of rotatable bonds is 3. The Bertz CT molecular complexity index is 876. The summed E-state index contributed by atoms with van der Waals surface area (Å²) in [6.45, 7) is 2.28. The Hall–Kier alpha value is -1.74. The normalized spacial score (nSPS) is 25.0. The number of ketones is 1. The summed E-state index contributed by atoms with van der Waals surface area (Å²) >= 11 is 1.91. The molecule has 3 aliphatic heterocycles. The van der Waals surface area contributed by atoms with Crippen LogP contribution in [0.3, 0.4) is 0 Å². The molecule has 0 aliphatic carbocycles.